The van der Waals surface area contributed by atoms with Crippen LogP contribution in [0, 0.1) is 0 Å². The van der Waals surface area contributed by atoms with E-state index in [-0.39, 0.29) is 5.91 Å². The molecule has 3 N–H and O–H groups in total. The molecule has 2 aliphatic heterocycles. The Bertz CT molecular complexity index is 343. The molecule has 2 unspecified atom stereocenters. The number of likely N-dealkylation sites (tertiary alicyclic amines) is 2. The molecule has 0 saturated carbocycles. The topological polar surface area (TPSA) is 61.6 Å². The molecule has 21 heavy (non-hydrogen) atoms. The van der Waals surface area contributed by atoms with Crippen molar-refractivity contribution in [1.29, 1.82) is 0 Å². The Balaban J connectivity index is 1.62. The number of carbonyl (C=O) groups is 1. The molecular formula is C16H32N4O. The molecule has 0 spiro atoms. The Hall–Kier alpha value is -0.650. The third-order valence-corrected chi connectivity index (χ3v) is 5.40. The van der Waals surface area contributed by atoms with Crippen LogP contribution in [0.25, 0.3) is 0 Å². The molecule has 5 heteroatoms. The minimum atomic E-state index is -0.552. The van der Waals surface area contributed by atoms with Crippen LogP contribution in [0.1, 0.15) is 45.4 Å². The number of carbonyl (C=O) groups excluding carboxylic acids is 1. The second-order valence-corrected chi connectivity index (χ2v) is 6.89. The molecule has 0 aromatic heterocycles. The summed E-state index contributed by atoms with van der Waals surface area (Å²) in [7, 11) is 1.81. The molecule has 0 aliphatic carbocycles. The summed E-state index contributed by atoms with van der Waals surface area (Å²) in [6.07, 6.45) is 7.11. The summed E-state index contributed by atoms with van der Waals surface area (Å²) >= 11 is 0. The van der Waals surface area contributed by atoms with Crippen LogP contribution in [0.5, 0.6) is 0 Å². The lowest BCUT2D eigenvalue weighted by Gasteiger charge is -2.26. The number of amides is 1. The molecule has 122 valence electrons. The van der Waals surface area contributed by atoms with Crippen LogP contribution in [0.3, 0.4) is 0 Å². The molecule has 2 heterocycles. The van der Waals surface area contributed by atoms with E-state index >= 15 is 0 Å². The second kappa shape index (κ2) is 7.56. The van der Waals surface area contributed by atoms with Crippen LogP contribution in [-0.4, -0.2) is 67.1 Å². The average molecular weight is 296 g/mol. The van der Waals surface area contributed by atoms with Gasteiger partial charge in [-0.05, 0) is 78.7 Å². The zero-order valence-electron chi connectivity index (χ0n) is 13.7. The van der Waals surface area contributed by atoms with Crippen molar-refractivity contribution in [1.82, 2.24) is 15.1 Å². The Kier molecular flexibility index (Phi) is 6.02. The lowest BCUT2D eigenvalue weighted by molar-refractivity contribution is -0.123. The van der Waals surface area contributed by atoms with Gasteiger partial charge in [0, 0.05) is 12.6 Å². The summed E-state index contributed by atoms with van der Waals surface area (Å²) in [4.78, 5) is 16.7. The van der Waals surface area contributed by atoms with Gasteiger partial charge in [-0.25, -0.2) is 0 Å². The first-order chi connectivity index (χ1) is 10.0. The summed E-state index contributed by atoms with van der Waals surface area (Å²) in [6, 6.07) is 0.792. The van der Waals surface area contributed by atoms with Crippen molar-refractivity contribution < 1.29 is 4.79 Å². The molecular weight excluding hydrogens is 264 g/mol. The van der Waals surface area contributed by atoms with E-state index in [0.29, 0.717) is 0 Å². The molecule has 1 amide bonds. The summed E-state index contributed by atoms with van der Waals surface area (Å²) < 4.78 is 0. The van der Waals surface area contributed by atoms with E-state index in [1.807, 2.05) is 14.0 Å². The van der Waals surface area contributed by atoms with Gasteiger partial charge < -0.3 is 16.0 Å². The number of nitrogens with one attached hydrogen (secondary N) is 1. The van der Waals surface area contributed by atoms with Crippen LogP contribution in [-0.2, 0) is 4.79 Å². The van der Waals surface area contributed by atoms with Crippen molar-refractivity contribution in [2.75, 3.05) is 39.8 Å². The number of rotatable bonds is 8. The number of nitrogens with two attached hydrogens (primary N) is 1. The van der Waals surface area contributed by atoms with E-state index in [9.17, 15) is 4.79 Å². The first-order valence-electron chi connectivity index (χ1n) is 8.50. The van der Waals surface area contributed by atoms with E-state index in [1.54, 1.807) is 0 Å². The van der Waals surface area contributed by atoms with Gasteiger partial charge in [0.2, 0.25) is 5.91 Å². The Labute approximate surface area is 129 Å². The maximum absolute atomic E-state index is 11.4. The molecule has 0 radical (unpaired) electrons. The first-order valence-corrected chi connectivity index (χ1v) is 8.50. The van der Waals surface area contributed by atoms with Crippen molar-refractivity contribution in [3.8, 4) is 0 Å². The Morgan fingerprint density at radius 3 is 2.62 bits per heavy atom. The van der Waals surface area contributed by atoms with Crippen molar-refractivity contribution in [2.45, 2.75) is 57.0 Å². The van der Waals surface area contributed by atoms with Crippen LogP contribution in [0.2, 0.25) is 0 Å². The first kappa shape index (κ1) is 16.7. The summed E-state index contributed by atoms with van der Waals surface area (Å²) in [5.41, 5.74) is 4.90. The smallest absolute Gasteiger partial charge is 0.237 e. The highest BCUT2D eigenvalue weighted by Gasteiger charge is 2.30. The molecule has 0 aromatic rings. The Morgan fingerprint density at radius 1 is 1.29 bits per heavy atom. The van der Waals surface area contributed by atoms with Gasteiger partial charge in [0.15, 0.2) is 0 Å². The SMILES string of the molecule is CNC(C)(CCCCN1CCC(N2CCCC2)C1)C(N)=O. The predicted molar refractivity (Wildman–Crippen MR) is 86.2 cm³/mol. The van der Waals surface area contributed by atoms with Gasteiger partial charge in [-0.1, -0.05) is 0 Å². The van der Waals surface area contributed by atoms with Gasteiger partial charge in [0.05, 0.1) is 5.54 Å². The van der Waals surface area contributed by atoms with Gasteiger partial charge in [-0.2, -0.15) is 0 Å². The highest BCUT2D eigenvalue weighted by Crippen LogP contribution is 2.21. The second-order valence-electron chi connectivity index (χ2n) is 6.89. The zero-order chi connectivity index (χ0) is 15.3. The normalized spacial score (nSPS) is 27.0. The molecule has 5 nitrogen and oxygen atoms in total. The Morgan fingerprint density at radius 2 is 2.00 bits per heavy atom. The minimum Gasteiger partial charge on any atom is -0.368 e. The minimum absolute atomic E-state index is 0.250. The number of primary amides is 1. The molecule has 2 saturated heterocycles. The van der Waals surface area contributed by atoms with Gasteiger partial charge in [-0.15, -0.1) is 0 Å². The molecule has 0 bridgehead atoms. The van der Waals surface area contributed by atoms with Gasteiger partial charge in [0.1, 0.15) is 0 Å². The van der Waals surface area contributed by atoms with E-state index in [1.165, 1.54) is 45.4 Å². The number of unbranched alkanes of at least 4 members (excludes halogenated alkanes) is 1. The fraction of sp³-hybridized carbons (Fsp3) is 0.938. The fourth-order valence-corrected chi connectivity index (χ4v) is 3.61. The quantitative estimate of drug-likeness (QED) is 0.650. The highest BCUT2D eigenvalue weighted by atomic mass is 16.1. The third kappa shape index (κ3) is 4.41. The van der Waals surface area contributed by atoms with Crippen molar-refractivity contribution in [2.24, 2.45) is 5.73 Å². The summed E-state index contributed by atoms with van der Waals surface area (Å²) in [5.74, 6) is -0.250. The van der Waals surface area contributed by atoms with Gasteiger partial charge in [-0.3, -0.25) is 9.69 Å². The van der Waals surface area contributed by atoms with E-state index in [4.69, 9.17) is 5.73 Å². The third-order valence-electron chi connectivity index (χ3n) is 5.40. The number of nitrogens with zero attached hydrogens (tertiary/aromatic N) is 2. The average Bonchev–Trinajstić information content (AvgIpc) is 3.13. The predicted octanol–water partition coefficient (Wildman–Crippen LogP) is 0.790. The van der Waals surface area contributed by atoms with Crippen LogP contribution < -0.4 is 11.1 Å². The lowest BCUT2D eigenvalue weighted by Crippen LogP contribution is -2.51. The van der Waals surface area contributed by atoms with Gasteiger partial charge in [0.25, 0.3) is 0 Å². The monoisotopic (exact) mass is 296 g/mol. The van der Waals surface area contributed by atoms with Gasteiger partial charge >= 0.3 is 0 Å². The fourth-order valence-electron chi connectivity index (χ4n) is 3.61. The lowest BCUT2D eigenvalue weighted by atomic mass is 9.94. The van der Waals surface area contributed by atoms with E-state index in [0.717, 1.165) is 31.8 Å². The molecule has 2 fully saturated rings. The largest absolute Gasteiger partial charge is 0.368 e. The number of hydrogen-bond donors (Lipinski definition) is 2. The van der Waals surface area contributed by atoms with E-state index in [2.05, 4.69) is 15.1 Å². The summed E-state index contributed by atoms with van der Waals surface area (Å²) in [5, 5.41) is 3.06. The van der Waals surface area contributed by atoms with Crippen molar-refractivity contribution >= 4 is 5.91 Å². The van der Waals surface area contributed by atoms with Crippen LogP contribution in [0.4, 0.5) is 0 Å². The number of hydrogen-bond acceptors (Lipinski definition) is 4. The summed E-state index contributed by atoms with van der Waals surface area (Å²) in [6.45, 7) is 8.13. The zero-order valence-corrected chi connectivity index (χ0v) is 13.7. The molecule has 2 atom stereocenters. The van der Waals surface area contributed by atoms with Crippen molar-refractivity contribution in [3.63, 3.8) is 0 Å². The molecule has 2 aliphatic rings. The maximum Gasteiger partial charge on any atom is 0.237 e. The van der Waals surface area contributed by atoms with E-state index < -0.39 is 5.54 Å². The highest BCUT2D eigenvalue weighted by molar-refractivity contribution is 5.84. The number of likely N-dealkylation sites (N-methyl/N-ethyl adjacent to an activating group) is 1. The standard InChI is InChI=1S/C16H32N4O/c1-16(18-2,15(17)21)8-3-4-9-19-12-7-14(13-19)20-10-5-6-11-20/h14,18H,3-13H2,1-2H3,(H2,17,21). The van der Waals surface area contributed by atoms with Crippen LogP contribution in [0.15, 0.2) is 0 Å². The maximum atomic E-state index is 11.4. The van der Waals surface area contributed by atoms with Crippen LogP contribution >= 0.6 is 0 Å². The molecule has 0 aromatic carbocycles. The molecule has 2 rings (SSSR count). The van der Waals surface area contributed by atoms with Crippen molar-refractivity contribution in [3.05, 3.63) is 0 Å².